The molecule has 0 aliphatic heterocycles. The van der Waals surface area contributed by atoms with Crippen LogP contribution in [0.4, 0.5) is 5.69 Å². The van der Waals surface area contributed by atoms with E-state index < -0.39 is 5.97 Å². The molecule has 1 aromatic carbocycles. The Kier molecular flexibility index (Phi) is 4.70. The molecule has 2 N–H and O–H groups in total. The molecule has 0 saturated carbocycles. The molecule has 0 atom stereocenters. The van der Waals surface area contributed by atoms with Gasteiger partial charge in [-0.2, -0.15) is 5.26 Å². The Morgan fingerprint density at radius 3 is 2.57 bits per heavy atom. The van der Waals surface area contributed by atoms with Crippen molar-refractivity contribution in [2.45, 2.75) is 0 Å². The van der Waals surface area contributed by atoms with Crippen LogP contribution in [0, 0.1) is 11.3 Å². The first-order valence-electron chi connectivity index (χ1n) is 6.07. The molecule has 2 aromatic rings. The van der Waals surface area contributed by atoms with E-state index in [0.29, 0.717) is 0 Å². The molecule has 0 unspecified atom stereocenters. The van der Waals surface area contributed by atoms with Crippen LogP contribution in [-0.2, 0) is 4.79 Å². The molecule has 0 saturated heterocycles. The number of nitrogens with zero attached hydrogens (tertiary/aromatic N) is 1. The monoisotopic (exact) mass is 294 g/mol. The van der Waals surface area contributed by atoms with Gasteiger partial charge in [-0.3, -0.25) is 0 Å². The Morgan fingerprint density at radius 2 is 2.00 bits per heavy atom. The van der Waals surface area contributed by atoms with Gasteiger partial charge in [0, 0.05) is 0 Å². The molecular formula is C15H11BN2O2S. The molecule has 102 valence electrons. The van der Waals surface area contributed by atoms with E-state index in [1.165, 1.54) is 17.4 Å². The van der Waals surface area contributed by atoms with Gasteiger partial charge >= 0.3 is 111 Å². The zero-order valence-corrected chi connectivity index (χ0v) is 11.9. The third-order valence-corrected chi connectivity index (χ3v) is 3.78. The van der Waals surface area contributed by atoms with E-state index >= 15 is 0 Å². The summed E-state index contributed by atoms with van der Waals surface area (Å²) in [6.07, 6.45) is 2.99. The summed E-state index contributed by atoms with van der Waals surface area (Å²) in [5.74, 6) is -1.22. The maximum atomic E-state index is 10.8. The van der Waals surface area contributed by atoms with Crippen molar-refractivity contribution >= 4 is 42.6 Å². The Balaban J connectivity index is 2.25. The van der Waals surface area contributed by atoms with Gasteiger partial charge in [0.15, 0.2) is 0 Å². The van der Waals surface area contributed by atoms with Crippen molar-refractivity contribution < 1.29 is 9.90 Å². The van der Waals surface area contributed by atoms with Gasteiger partial charge in [0.2, 0.25) is 0 Å². The Morgan fingerprint density at radius 1 is 1.29 bits per heavy atom. The van der Waals surface area contributed by atoms with Crippen LogP contribution in [0.25, 0.3) is 16.5 Å². The van der Waals surface area contributed by atoms with E-state index in [0.717, 1.165) is 21.0 Å². The number of carboxylic acids is 1. The fourth-order valence-corrected chi connectivity index (χ4v) is 2.68. The maximum absolute atomic E-state index is 10.8. The third-order valence-electron chi connectivity index (χ3n) is 2.70. The van der Waals surface area contributed by atoms with Gasteiger partial charge in [0.05, 0.1) is 0 Å². The van der Waals surface area contributed by atoms with Gasteiger partial charge in [0.1, 0.15) is 0 Å². The number of nitriles is 1. The first-order chi connectivity index (χ1) is 10.1. The summed E-state index contributed by atoms with van der Waals surface area (Å²) in [5.41, 5.74) is 1.71. The van der Waals surface area contributed by atoms with Crippen molar-refractivity contribution in [1.29, 1.82) is 5.26 Å². The van der Waals surface area contributed by atoms with Crippen LogP contribution in [0.1, 0.15) is 4.88 Å². The van der Waals surface area contributed by atoms with Crippen molar-refractivity contribution in [3.63, 3.8) is 0 Å². The number of anilines is 1. The second-order valence-electron chi connectivity index (χ2n) is 4.10. The number of hydrogen-bond acceptors (Lipinski definition) is 4. The van der Waals surface area contributed by atoms with Crippen molar-refractivity contribution in [2.24, 2.45) is 0 Å². The molecule has 21 heavy (non-hydrogen) atoms. The zero-order valence-electron chi connectivity index (χ0n) is 11.0. The van der Waals surface area contributed by atoms with Gasteiger partial charge < -0.3 is 5.11 Å². The topological polar surface area (TPSA) is 73.1 Å². The normalized spacial score (nSPS) is 10.7. The van der Waals surface area contributed by atoms with Crippen LogP contribution >= 0.6 is 11.3 Å². The molecule has 0 radical (unpaired) electrons. The number of thiophene rings is 1. The Labute approximate surface area is 127 Å². The predicted molar refractivity (Wildman–Crippen MR) is 87.8 cm³/mol. The number of benzene rings is 1. The molecule has 0 bridgehead atoms. The number of aliphatic carboxylic acids is 1. The fourth-order valence-electron chi connectivity index (χ4n) is 1.72. The van der Waals surface area contributed by atoms with Crippen LogP contribution in [-0.4, -0.2) is 24.7 Å². The average Bonchev–Trinajstić information content (AvgIpc) is 2.94. The summed E-state index contributed by atoms with van der Waals surface area (Å²) in [5, 5.41) is 20.6. The van der Waals surface area contributed by atoms with Crippen LogP contribution in [0.5, 0.6) is 0 Å². The molecule has 0 fully saturated rings. The van der Waals surface area contributed by atoms with Crippen molar-refractivity contribution in [3.05, 3.63) is 46.8 Å². The van der Waals surface area contributed by atoms with E-state index in [-0.39, 0.29) is 5.57 Å². The molecular weight excluding hydrogens is 283 g/mol. The quantitative estimate of drug-likeness (QED) is 0.505. The van der Waals surface area contributed by atoms with E-state index in [1.54, 1.807) is 18.2 Å². The molecule has 0 aliphatic rings. The standard InChI is InChI=1S/C15H11BN2O2S/c16-9-18-12-3-1-10(2-4-12)14-6-5-13(21-14)7-11(8-17)15(19)20/h1-7,9,16,18H,(H,19,20)/b11-7+. The summed E-state index contributed by atoms with van der Waals surface area (Å²) in [6, 6.07) is 13.2. The van der Waals surface area contributed by atoms with E-state index in [2.05, 4.69) is 12.8 Å². The molecule has 1 heterocycles. The van der Waals surface area contributed by atoms with Crippen molar-refractivity contribution in [3.8, 4) is 16.5 Å². The third kappa shape index (κ3) is 3.68. The van der Waals surface area contributed by atoms with Crippen LogP contribution in [0.15, 0.2) is 42.0 Å². The summed E-state index contributed by atoms with van der Waals surface area (Å²) in [7, 11) is 3.60. The van der Waals surface area contributed by atoms with Crippen molar-refractivity contribution in [2.75, 3.05) is 5.32 Å². The van der Waals surface area contributed by atoms with Gasteiger partial charge in [-0.25, -0.2) is 4.79 Å². The van der Waals surface area contributed by atoms with E-state index in [1.807, 2.05) is 30.3 Å². The molecule has 6 heteroatoms. The summed E-state index contributed by atoms with van der Waals surface area (Å²) in [6.45, 7) is 0. The van der Waals surface area contributed by atoms with Crippen LogP contribution in [0.2, 0.25) is 0 Å². The fraction of sp³-hybridized carbons (Fsp3) is 0. The van der Waals surface area contributed by atoms with Crippen LogP contribution < -0.4 is 5.32 Å². The molecule has 1 aromatic heterocycles. The molecule has 0 aliphatic carbocycles. The number of nitrogens with one attached hydrogen (secondary N) is 1. The van der Waals surface area contributed by atoms with Gasteiger partial charge in [0.25, 0.3) is 0 Å². The van der Waals surface area contributed by atoms with Gasteiger partial charge in [-0.1, -0.05) is 0 Å². The summed E-state index contributed by atoms with van der Waals surface area (Å²) in [4.78, 5) is 12.6. The Bertz CT molecular complexity index is 742. The van der Waals surface area contributed by atoms with Crippen molar-refractivity contribution in [1.82, 2.24) is 0 Å². The second-order valence-corrected chi connectivity index (χ2v) is 5.22. The number of carbonyl (C=O) groups is 1. The minimum absolute atomic E-state index is 0.270. The average molecular weight is 294 g/mol. The number of carboxylic acid groups (broad SMARTS) is 1. The first kappa shape index (κ1) is 14.8. The predicted octanol–water partition coefficient (Wildman–Crippen LogP) is 2.48. The molecule has 4 nitrogen and oxygen atoms in total. The second kappa shape index (κ2) is 6.68. The van der Waals surface area contributed by atoms with Gasteiger partial charge in [-0.05, 0) is 0 Å². The van der Waals surface area contributed by atoms with Crippen LogP contribution in [0.3, 0.4) is 0 Å². The zero-order chi connectivity index (χ0) is 15.2. The Hall–Kier alpha value is -2.65. The summed E-state index contributed by atoms with van der Waals surface area (Å²) < 4.78 is 0. The SMILES string of the molecule is B=CNc1ccc(-c2ccc(/C=C(\C#N)C(=O)O)s2)cc1. The number of rotatable bonds is 5. The molecule has 0 amide bonds. The van der Waals surface area contributed by atoms with E-state index in [4.69, 9.17) is 10.4 Å². The van der Waals surface area contributed by atoms with E-state index in [9.17, 15) is 4.79 Å². The molecule has 2 rings (SSSR count). The summed E-state index contributed by atoms with van der Waals surface area (Å²) >= 11 is 1.43. The first-order valence-corrected chi connectivity index (χ1v) is 6.88. The number of hydrogen-bond donors (Lipinski definition) is 2. The van der Waals surface area contributed by atoms with Gasteiger partial charge in [-0.15, -0.1) is 0 Å². The molecule has 0 spiro atoms. The minimum atomic E-state index is -1.22.